The van der Waals surface area contributed by atoms with Gasteiger partial charge in [0.25, 0.3) is 0 Å². The molecule has 0 spiro atoms. The van der Waals surface area contributed by atoms with Crippen molar-refractivity contribution in [1.82, 2.24) is 20.0 Å². The summed E-state index contributed by atoms with van der Waals surface area (Å²) in [6, 6.07) is 0. The number of hydrogen-bond acceptors (Lipinski definition) is 4. The van der Waals surface area contributed by atoms with E-state index in [1.165, 1.54) is 91.0 Å². The Morgan fingerprint density at radius 2 is 1.46 bits per heavy atom. The normalized spacial score (nSPS) is 23.1. The monoisotopic (exact) mass is 338 g/mol. The van der Waals surface area contributed by atoms with Crippen LogP contribution in [-0.4, -0.2) is 73.9 Å². The molecule has 0 aromatic heterocycles. The summed E-state index contributed by atoms with van der Waals surface area (Å²) in [4.78, 5) is 7.88. The van der Waals surface area contributed by atoms with Gasteiger partial charge in [0.1, 0.15) is 0 Å². The summed E-state index contributed by atoms with van der Waals surface area (Å²) >= 11 is 0. The third-order valence-corrected chi connectivity index (χ3v) is 5.90. The SMILES string of the molecule is CCCC(C)CCN1CCN(CCC(C)CCCN2CCNC2)C1. The van der Waals surface area contributed by atoms with Gasteiger partial charge in [-0.15, -0.1) is 0 Å². The third-order valence-electron chi connectivity index (χ3n) is 5.90. The second-order valence-electron chi connectivity index (χ2n) is 8.37. The molecule has 24 heavy (non-hydrogen) atoms. The minimum atomic E-state index is 0.874. The van der Waals surface area contributed by atoms with Crippen LogP contribution >= 0.6 is 0 Å². The molecule has 142 valence electrons. The first kappa shape index (κ1) is 20.2. The highest BCUT2D eigenvalue weighted by Gasteiger charge is 2.20. The molecule has 2 atom stereocenters. The van der Waals surface area contributed by atoms with Crippen molar-refractivity contribution in [3.63, 3.8) is 0 Å². The van der Waals surface area contributed by atoms with Gasteiger partial charge in [-0.05, 0) is 57.2 Å². The summed E-state index contributed by atoms with van der Waals surface area (Å²) in [6.45, 7) is 18.4. The van der Waals surface area contributed by atoms with Crippen molar-refractivity contribution >= 4 is 0 Å². The second kappa shape index (κ2) is 11.5. The molecule has 2 rings (SSSR count). The lowest BCUT2D eigenvalue weighted by atomic mass is 10.0. The molecule has 2 saturated heterocycles. The topological polar surface area (TPSA) is 21.8 Å². The molecule has 0 aromatic rings. The molecular weight excluding hydrogens is 296 g/mol. The molecule has 2 unspecified atom stereocenters. The number of rotatable bonds is 12. The van der Waals surface area contributed by atoms with Crippen molar-refractivity contribution in [3.05, 3.63) is 0 Å². The Labute approximate surface area is 150 Å². The summed E-state index contributed by atoms with van der Waals surface area (Å²) in [5.41, 5.74) is 0. The van der Waals surface area contributed by atoms with E-state index in [9.17, 15) is 0 Å². The first-order valence-electron chi connectivity index (χ1n) is 10.5. The van der Waals surface area contributed by atoms with E-state index >= 15 is 0 Å². The lowest BCUT2D eigenvalue weighted by Gasteiger charge is -2.21. The third kappa shape index (κ3) is 7.81. The Morgan fingerprint density at radius 1 is 0.792 bits per heavy atom. The van der Waals surface area contributed by atoms with Gasteiger partial charge in [-0.1, -0.05) is 33.6 Å². The Balaban J connectivity index is 1.48. The fourth-order valence-corrected chi connectivity index (χ4v) is 4.07. The summed E-state index contributed by atoms with van der Waals surface area (Å²) in [7, 11) is 0. The maximum atomic E-state index is 3.42. The van der Waals surface area contributed by atoms with Crippen LogP contribution in [0.25, 0.3) is 0 Å². The minimum Gasteiger partial charge on any atom is -0.303 e. The smallest absolute Gasteiger partial charge is 0.0507 e. The van der Waals surface area contributed by atoms with Gasteiger partial charge in [-0.25, -0.2) is 0 Å². The summed E-state index contributed by atoms with van der Waals surface area (Å²) in [5, 5.41) is 3.42. The van der Waals surface area contributed by atoms with E-state index in [4.69, 9.17) is 0 Å². The van der Waals surface area contributed by atoms with Crippen LogP contribution in [0.15, 0.2) is 0 Å². The molecule has 0 amide bonds. The Kier molecular flexibility index (Phi) is 9.62. The van der Waals surface area contributed by atoms with Gasteiger partial charge in [0, 0.05) is 32.8 Å². The predicted octanol–water partition coefficient (Wildman–Crippen LogP) is 3.06. The molecule has 0 bridgehead atoms. The first-order valence-corrected chi connectivity index (χ1v) is 10.5. The van der Waals surface area contributed by atoms with Crippen LogP contribution < -0.4 is 5.32 Å². The maximum Gasteiger partial charge on any atom is 0.0507 e. The average molecular weight is 339 g/mol. The summed E-state index contributed by atoms with van der Waals surface area (Å²) in [6.07, 6.45) is 8.23. The van der Waals surface area contributed by atoms with E-state index in [1.54, 1.807) is 0 Å². The zero-order valence-corrected chi connectivity index (χ0v) is 16.6. The number of nitrogens with one attached hydrogen (secondary N) is 1. The zero-order chi connectivity index (χ0) is 17.2. The second-order valence-corrected chi connectivity index (χ2v) is 8.37. The summed E-state index contributed by atoms with van der Waals surface area (Å²) in [5.74, 6) is 1.77. The van der Waals surface area contributed by atoms with Crippen molar-refractivity contribution < 1.29 is 0 Å². The van der Waals surface area contributed by atoms with E-state index in [0.717, 1.165) is 18.5 Å². The molecule has 4 nitrogen and oxygen atoms in total. The van der Waals surface area contributed by atoms with E-state index in [2.05, 4.69) is 40.8 Å². The van der Waals surface area contributed by atoms with Gasteiger partial charge in [-0.3, -0.25) is 14.7 Å². The molecule has 0 radical (unpaired) electrons. The standard InChI is InChI=1S/C20H42N4/c1-4-6-19(2)8-12-23-15-16-24(18-23)13-9-20(3)7-5-11-22-14-10-21-17-22/h19-21H,4-18H2,1-3H3. The number of hydrogen-bond donors (Lipinski definition) is 1. The molecule has 2 heterocycles. The number of nitrogens with zero attached hydrogens (tertiary/aromatic N) is 3. The average Bonchev–Trinajstić information content (AvgIpc) is 3.23. The molecule has 0 aliphatic carbocycles. The summed E-state index contributed by atoms with van der Waals surface area (Å²) < 4.78 is 0. The molecule has 4 heteroatoms. The largest absolute Gasteiger partial charge is 0.303 e. The van der Waals surface area contributed by atoms with Gasteiger partial charge < -0.3 is 5.32 Å². The van der Waals surface area contributed by atoms with Gasteiger partial charge in [0.15, 0.2) is 0 Å². The van der Waals surface area contributed by atoms with Crippen LogP contribution in [0.1, 0.15) is 59.3 Å². The van der Waals surface area contributed by atoms with Gasteiger partial charge >= 0.3 is 0 Å². The molecule has 1 N–H and O–H groups in total. The Bertz CT molecular complexity index is 317. The first-order chi connectivity index (χ1) is 11.7. The van der Waals surface area contributed by atoms with Crippen LogP contribution in [-0.2, 0) is 0 Å². The van der Waals surface area contributed by atoms with Gasteiger partial charge in [0.05, 0.1) is 6.67 Å². The molecule has 0 aromatic carbocycles. The van der Waals surface area contributed by atoms with Crippen molar-refractivity contribution in [3.8, 4) is 0 Å². The van der Waals surface area contributed by atoms with Crippen LogP contribution in [0.5, 0.6) is 0 Å². The van der Waals surface area contributed by atoms with Crippen LogP contribution in [0.4, 0.5) is 0 Å². The molecule has 2 aliphatic rings. The Hall–Kier alpha value is -0.160. The van der Waals surface area contributed by atoms with Crippen molar-refractivity contribution in [2.45, 2.75) is 59.3 Å². The maximum absolute atomic E-state index is 3.42. The molecule has 0 saturated carbocycles. The lowest BCUT2D eigenvalue weighted by Crippen LogP contribution is -2.28. The predicted molar refractivity (Wildman–Crippen MR) is 104 cm³/mol. The van der Waals surface area contributed by atoms with E-state index < -0.39 is 0 Å². The lowest BCUT2D eigenvalue weighted by molar-refractivity contribution is 0.221. The van der Waals surface area contributed by atoms with Crippen molar-refractivity contribution in [2.75, 3.05) is 59.2 Å². The fourth-order valence-electron chi connectivity index (χ4n) is 4.07. The molecule has 2 aliphatic heterocycles. The zero-order valence-electron chi connectivity index (χ0n) is 16.6. The van der Waals surface area contributed by atoms with Crippen LogP contribution in [0.3, 0.4) is 0 Å². The van der Waals surface area contributed by atoms with Crippen molar-refractivity contribution in [2.24, 2.45) is 11.8 Å². The quantitative estimate of drug-likeness (QED) is 0.590. The van der Waals surface area contributed by atoms with E-state index in [-0.39, 0.29) is 0 Å². The van der Waals surface area contributed by atoms with Crippen molar-refractivity contribution in [1.29, 1.82) is 0 Å². The van der Waals surface area contributed by atoms with E-state index in [0.29, 0.717) is 0 Å². The van der Waals surface area contributed by atoms with Gasteiger partial charge in [0.2, 0.25) is 0 Å². The van der Waals surface area contributed by atoms with Crippen LogP contribution in [0.2, 0.25) is 0 Å². The highest BCUT2D eigenvalue weighted by atomic mass is 15.4. The van der Waals surface area contributed by atoms with Gasteiger partial charge in [-0.2, -0.15) is 0 Å². The minimum absolute atomic E-state index is 0.874. The molecule has 2 fully saturated rings. The van der Waals surface area contributed by atoms with E-state index in [1.807, 2.05) is 0 Å². The highest BCUT2D eigenvalue weighted by molar-refractivity contribution is 4.73. The Morgan fingerprint density at radius 3 is 2.04 bits per heavy atom. The molecular formula is C20H42N4. The van der Waals surface area contributed by atoms with Crippen LogP contribution in [0, 0.1) is 11.8 Å². The highest BCUT2D eigenvalue weighted by Crippen LogP contribution is 2.16. The fraction of sp³-hybridized carbons (Fsp3) is 1.00.